The number of benzene rings is 2. The number of piperazine rings is 1. The molecule has 3 aliphatic rings. The molecule has 9 nitrogen and oxygen atoms in total. The van der Waals surface area contributed by atoms with Crippen LogP contribution in [-0.4, -0.2) is 65.6 Å². The highest BCUT2D eigenvalue weighted by atomic mass is 16.2. The van der Waals surface area contributed by atoms with Crippen LogP contribution in [0.3, 0.4) is 0 Å². The zero-order valence-corrected chi connectivity index (χ0v) is 19.5. The zero-order chi connectivity index (χ0) is 24.4. The van der Waals surface area contributed by atoms with E-state index in [1.807, 2.05) is 6.07 Å². The van der Waals surface area contributed by atoms with E-state index in [1.165, 1.54) is 5.56 Å². The first-order valence-electron chi connectivity index (χ1n) is 12.1. The first-order chi connectivity index (χ1) is 17.0. The average molecular weight is 476 g/mol. The number of hydrogen-bond donors (Lipinski definition) is 3. The van der Waals surface area contributed by atoms with Gasteiger partial charge in [0.1, 0.15) is 6.04 Å². The van der Waals surface area contributed by atoms with Crippen LogP contribution in [0.4, 0.5) is 0 Å². The highest BCUT2D eigenvalue weighted by Crippen LogP contribution is 2.30. The predicted molar refractivity (Wildman–Crippen MR) is 128 cm³/mol. The molecular weight excluding hydrogens is 446 g/mol. The highest BCUT2D eigenvalue weighted by molar-refractivity contribution is 6.24. The van der Waals surface area contributed by atoms with Crippen molar-refractivity contribution in [2.75, 3.05) is 26.2 Å². The highest BCUT2D eigenvalue weighted by Gasteiger charge is 2.45. The van der Waals surface area contributed by atoms with Gasteiger partial charge in [-0.05, 0) is 29.2 Å². The topological polar surface area (TPSA) is 111 Å². The molecule has 9 heteroatoms. The largest absolute Gasteiger partial charge is 0.314 e. The number of amides is 4. The third kappa shape index (κ3) is 4.88. The maximum atomic E-state index is 13.2. The third-order valence-corrected chi connectivity index (χ3v) is 6.84. The van der Waals surface area contributed by atoms with E-state index >= 15 is 0 Å². The van der Waals surface area contributed by atoms with Crippen LogP contribution in [0.15, 0.2) is 42.5 Å². The number of nitrogens with zero attached hydrogens (tertiary/aromatic N) is 2. The van der Waals surface area contributed by atoms with Gasteiger partial charge in [-0.2, -0.15) is 0 Å². The molecule has 0 radical (unpaired) electrons. The molecule has 4 amide bonds. The molecule has 2 fully saturated rings. The number of nitrogens with one attached hydrogen (secondary N) is 3. The molecule has 0 aliphatic carbocycles. The first-order valence-corrected chi connectivity index (χ1v) is 12.1. The average Bonchev–Trinajstić information content (AvgIpc) is 3.11. The van der Waals surface area contributed by atoms with Crippen LogP contribution >= 0.6 is 0 Å². The van der Waals surface area contributed by atoms with Crippen LogP contribution in [-0.2, 0) is 29.2 Å². The molecule has 0 bridgehead atoms. The number of rotatable bonds is 7. The lowest BCUT2D eigenvalue weighted by molar-refractivity contribution is -0.136. The summed E-state index contributed by atoms with van der Waals surface area (Å²) in [5.41, 5.74) is 3.77. The predicted octanol–water partition coefficient (Wildman–Crippen LogP) is 0.783. The van der Waals surface area contributed by atoms with Crippen LogP contribution in [0.25, 0.3) is 0 Å². The molecule has 5 rings (SSSR count). The van der Waals surface area contributed by atoms with Crippen molar-refractivity contribution in [1.82, 2.24) is 25.8 Å². The van der Waals surface area contributed by atoms with E-state index in [4.69, 9.17) is 0 Å². The minimum Gasteiger partial charge on any atom is -0.314 e. The molecule has 1 unspecified atom stereocenters. The number of hydrogen-bond acceptors (Lipinski definition) is 7. The molecule has 3 N–H and O–H groups in total. The molecule has 1 atom stereocenters. The van der Waals surface area contributed by atoms with Gasteiger partial charge in [-0.3, -0.25) is 34.3 Å². The molecule has 3 heterocycles. The Morgan fingerprint density at radius 2 is 1.63 bits per heavy atom. The molecule has 35 heavy (non-hydrogen) atoms. The van der Waals surface area contributed by atoms with Gasteiger partial charge in [-0.25, -0.2) is 0 Å². The molecular formula is C26H29N5O4. The van der Waals surface area contributed by atoms with E-state index < -0.39 is 23.8 Å². The summed E-state index contributed by atoms with van der Waals surface area (Å²) in [7, 11) is 0. The van der Waals surface area contributed by atoms with E-state index in [2.05, 4.69) is 45.1 Å². The second-order valence-corrected chi connectivity index (χ2v) is 9.23. The second-order valence-electron chi connectivity index (χ2n) is 9.23. The number of piperidine rings is 1. The first kappa shape index (κ1) is 23.3. The lowest BCUT2D eigenvalue weighted by Crippen LogP contribution is -2.54. The van der Waals surface area contributed by atoms with Gasteiger partial charge < -0.3 is 10.6 Å². The Balaban J connectivity index is 1.21. The SMILES string of the molecule is O=C1CCC(N2C(=O)c3cccc(CNCc4ccc(CN5CCNCC5)cc4)c3C2=O)C(=O)N1. The molecule has 2 aromatic carbocycles. The van der Waals surface area contributed by atoms with Crippen LogP contribution in [0.5, 0.6) is 0 Å². The minimum atomic E-state index is -0.958. The van der Waals surface area contributed by atoms with Crippen molar-refractivity contribution in [3.63, 3.8) is 0 Å². The van der Waals surface area contributed by atoms with E-state index in [0.717, 1.165) is 43.2 Å². The monoisotopic (exact) mass is 475 g/mol. The Hall–Kier alpha value is -3.40. The molecule has 3 aliphatic heterocycles. The molecule has 0 saturated carbocycles. The molecule has 2 aromatic rings. The third-order valence-electron chi connectivity index (χ3n) is 6.84. The summed E-state index contributed by atoms with van der Waals surface area (Å²) in [5.74, 6) is -1.95. The number of fused-ring (bicyclic) bond motifs is 1. The van der Waals surface area contributed by atoms with E-state index in [0.29, 0.717) is 29.8 Å². The van der Waals surface area contributed by atoms with Gasteiger partial charge in [0.15, 0.2) is 0 Å². The van der Waals surface area contributed by atoms with Crippen molar-refractivity contribution >= 4 is 23.6 Å². The van der Waals surface area contributed by atoms with Gasteiger partial charge >= 0.3 is 0 Å². The quantitative estimate of drug-likeness (QED) is 0.508. The van der Waals surface area contributed by atoms with Crippen LogP contribution in [0.2, 0.25) is 0 Å². The van der Waals surface area contributed by atoms with Gasteiger partial charge in [0.2, 0.25) is 11.8 Å². The standard InChI is InChI=1S/C26H29N5O4/c32-22-9-8-21(24(33)29-22)31-25(34)20-3-1-2-19(23(20)26(31)35)15-28-14-17-4-6-18(7-5-17)16-30-12-10-27-11-13-30/h1-7,21,27-28H,8-16H2,(H,29,32,33). The maximum Gasteiger partial charge on any atom is 0.262 e. The number of carbonyl (C=O) groups is 4. The summed E-state index contributed by atoms with van der Waals surface area (Å²) in [6, 6.07) is 12.8. The number of carbonyl (C=O) groups excluding carboxylic acids is 4. The van der Waals surface area contributed by atoms with Crippen molar-refractivity contribution in [3.8, 4) is 0 Å². The number of imide groups is 2. The van der Waals surface area contributed by atoms with Gasteiger partial charge in [0, 0.05) is 52.2 Å². The van der Waals surface area contributed by atoms with Gasteiger partial charge in [-0.1, -0.05) is 36.4 Å². The van der Waals surface area contributed by atoms with E-state index in [1.54, 1.807) is 12.1 Å². The smallest absolute Gasteiger partial charge is 0.262 e. The van der Waals surface area contributed by atoms with Crippen molar-refractivity contribution in [2.24, 2.45) is 0 Å². The molecule has 0 aromatic heterocycles. The Morgan fingerprint density at radius 3 is 2.37 bits per heavy atom. The maximum absolute atomic E-state index is 13.2. The Bertz CT molecular complexity index is 1160. The van der Waals surface area contributed by atoms with Crippen LogP contribution in [0.1, 0.15) is 50.2 Å². The van der Waals surface area contributed by atoms with Crippen LogP contribution in [0, 0.1) is 0 Å². The second kappa shape index (κ2) is 10.1. The minimum absolute atomic E-state index is 0.103. The molecule has 2 saturated heterocycles. The summed E-state index contributed by atoms with van der Waals surface area (Å²) in [6.45, 7) is 6.17. The van der Waals surface area contributed by atoms with Crippen molar-refractivity contribution < 1.29 is 19.2 Å². The van der Waals surface area contributed by atoms with Crippen molar-refractivity contribution in [2.45, 2.75) is 38.5 Å². The lowest BCUT2D eigenvalue weighted by atomic mass is 10.0. The normalized spacial score (nSPS) is 20.8. The summed E-state index contributed by atoms with van der Waals surface area (Å²) in [4.78, 5) is 53.4. The zero-order valence-electron chi connectivity index (χ0n) is 19.5. The lowest BCUT2D eigenvalue weighted by Gasteiger charge is -2.27. The fourth-order valence-corrected chi connectivity index (χ4v) is 4.96. The van der Waals surface area contributed by atoms with Crippen molar-refractivity contribution in [1.29, 1.82) is 0 Å². The van der Waals surface area contributed by atoms with E-state index in [9.17, 15) is 19.2 Å². The molecule has 0 spiro atoms. The van der Waals surface area contributed by atoms with Crippen molar-refractivity contribution in [3.05, 3.63) is 70.3 Å². The summed E-state index contributed by atoms with van der Waals surface area (Å²) in [6.07, 6.45) is 0.251. The summed E-state index contributed by atoms with van der Waals surface area (Å²) in [5, 5.41) is 8.96. The molecule has 182 valence electrons. The van der Waals surface area contributed by atoms with Gasteiger partial charge in [0.05, 0.1) is 11.1 Å². The van der Waals surface area contributed by atoms with Gasteiger partial charge in [0.25, 0.3) is 11.8 Å². The van der Waals surface area contributed by atoms with Crippen LogP contribution < -0.4 is 16.0 Å². The Kier molecular flexibility index (Phi) is 6.72. The van der Waals surface area contributed by atoms with E-state index in [-0.39, 0.29) is 18.7 Å². The van der Waals surface area contributed by atoms with Gasteiger partial charge in [-0.15, -0.1) is 0 Å². The summed E-state index contributed by atoms with van der Waals surface area (Å²) >= 11 is 0. The Morgan fingerprint density at radius 1 is 0.886 bits per heavy atom. The fourth-order valence-electron chi connectivity index (χ4n) is 4.96. The summed E-state index contributed by atoms with van der Waals surface area (Å²) < 4.78 is 0. The Labute approximate surface area is 203 Å². The fraction of sp³-hybridized carbons (Fsp3) is 0.385.